The van der Waals surface area contributed by atoms with Gasteiger partial charge in [0.1, 0.15) is 22.9 Å². The minimum absolute atomic E-state index is 0.0212. The molecular formula is C19H16ClFN2O3S. The van der Waals surface area contributed by atoms with Crippen molar-refractivity contribution in [3.63, 3.8) is 0 Å². The monoisotopic (exact) mass is 406 g/mol. The van der Waals surface area contributed by atoms with Gasteiger partial charge in [-0.2, -0.15) is 0 Å². The number of carbonyl (C=O) groups is 2. The molecule has 0 bridgehead atoms. The molecule has 0 saturated carbocycles. The van der Waals surface area contributed by atoms with Crippen LogP contribution in [0.15, 0.2) is 40.3 Å². The van der Waals surface area contributed by atoms with Gasteiger partial charge in [0.2, 0.25) is 0 Å². The summed E-state index contributed by atoms with van der Waals surface area (Å²) in [7, 11) is 0. The molecule has 0 spiro atoms. The molecule has 2 aromatic rings. The Kier molecular flexibility index (Phi) is 5.43. The van der Waals surface area contributed by atoms with Gasteiger partial charge in [0, 0.05) is 18.7 Å². The van der Waals surface area contributed by atoms with E-state index >= 15 is 0 Å². The number of likely N-dealkylation sites (N-methyl/N-ethyl adjacent to an activating group) is 2. The van der Waals surface area contributed by atoms with E-state index in [0.29, 0.717) is 30.2 Å². The molecule has 1 fully saturated rings. The molecule has 5 nitrogen and oxygen atoms in total. The van der Waals surface area contributed by atoms with Gasteiger partial charge in [-0.05, 0) is 62.5 Å². The van der Waals surface area contributed by atoms with E-state index in [2.05, 4.69) is 0 Å². The Labute approximate surface area is 166 Å². The van der Waals surface area contributed by atoms with Crippen molar-refractivity contribution in [1.29, 1.82) is 0 Å². The van der Waals surface area contributed by atoms with Crippen molar-refractivity contribution in [3.05, 3.63) is 52.5 Å². The van der Waals surface area contributed by atoms with Gasteiger partial charge in [-0.3, -0.25) is 19.4 Å². The highest BCUT2D eigenvalue weighted by Gasteiger charge is 2.38. The molecule has 1 aromatic heterocycles. The molecule has 0 radical (unpaired) electrons. The van der Waals surface area contributed by atoms with Crippen LogP contribution in [0.5, 0.6) is 0 Å². The summed E-state index contributed by atoms with van der Waals surface area (Å²) in [4.78, 5) is 28.0. The number of amides is 2. The molecule has 0 unspecified atom stereocenters. The number of furan rings is 1. The molecule has 2 amide bonds. The van der Waals surface area contributed by atoms with E-state index in [4.69, 9.17) is 28.2 Å². The highest BCUT2D eigenvalue weighted by molar-refractivity contribution is 7.80. The summed E-state index contributed by atoms with van der Waals surface area (Å²) in [6, 6.07) is 7.50. The number of hydrogen-bond donors (Lipinski definition) is 0. The van der Waals surface area contributed by atoms with Gasteiger partial charge in [0.15, 0.2) is 5.11 Å². The topological polar surface area (TPSA) is 53.8 Å². The van der Waals surface area contributed by atoms with Crippen LogP contribution in [-0.4, -0.2) is 39.8 Å². The second-order valence-electron chi connectivity index (χ2n) is 5.77. The Morgan fingerprint density at radius 3 is 2.30 bits per heavy atom. The van der Waals surface area contributed by atoms with Crippen molar-refractivity contribution in [2.45, 2.75) is 13.8 Å². The van der Waals surface area contributed by atoms with Crippen molar-refractivity contribution in [3.8, 4) is 11.3 Å². The second kappa shape index (κ2) is 7.62. The zero-order chi connectivity index (χ0) is 19.7. The summed E-state index contributed by atoms with van der Waals surface area (Å²) in [5.41, 5.74) is 0.559. The fraction of sp³-hybridized carbons (Fsp3) is 0.211. The summed E-state index contributed by atoms with van der Waals surface area (Å²) in [6.07, 6.45) is 1.40. The number of thiocarbonyl (C=S) groups is 1. The predicted octanol–water partition coefficient (Wildman–Crippen LogP) is 4.12. The first-order valence-corrected chi connectivity index (χ1v) is 9.10. The van der Waals surface area contributed by atoms with Gasteiger partial charge in [-0.25, -0.2) is 4.39 Å². The van der Waals surface area contributed by atoms with Gasteiger partial charge in [-0.15, -0.1) is 0 Å². The minimum atomic E-state index is -0.525. The zero-order valence-corrected chi connectivity index (χ0v) is 16.2. The van der Waals surface area contributed by atoms with Gasteiger partial charge in [0.05, 0.1) is 5.02 Å². The number of nitrogens with zero attached hydrogens (tertiary/aromatic N) is 2. The predicted molar refractivity (Wildman–Crippen MR) is 104 cm³/mol. The third kappa shape index (κ3) is 3.52. The average Bonchev–Trinajstić information content (AvgIpc) is 3.10. The first kappa shape index (κ1) is 19.3. The number of carbonyl (C=O) groups excluding carboxylic acids is 2. The molecule has 0 atom stereocenters. The summed E-state index contributed by atoms with van der Waals surface area (Å²) in [5.74, 6) is -0.681. The maximum atomic E-state index is 13.3. The highest BCUT2D eigenvalue weighted by atomic mass is 35.5. The van der Waals surface area contributed by atoms with E-state index in [1.165, 1.54) is 34.1 Å². The zero-order valence-electron chi connectivity index (χ0n) is 14.7. The Bertz CT molecular complexity index is 942. The molecular weight excluding hydrogens is 391 g/mol. The maximum absolute atomic E-state index is 13.3. The molecule has 0 N–H and O–H groups in total. The summed E-state index contributed by atoms with van der Waals surface area (Å²) < 4.78 is 19.0. The van der Waals surface area contributed by atoms with E-state index < -0.39 is 17.6 Å². The summed E-state index contributed by atoms with van der Waals surface area (Å²) >= 11 is 11.0. The van der Waals surface area contributed by atoms with Crippen LogP contribution >= 0.6 is 23.8 Å². The quantitative estimate of drug-likeness (QED) is 0.435. The van der Waals surface area contributed by atoms with Gasteiger partial charge >= 0.3 is 0 Å². The number of rotatable bonds is 4. The molecule has 1 aliphatic heterocycles. The Balaban J connectivity index is 1.97. The molecule has 1 aliphatic rings. The summed E-state index contributed by atoms with van der Waals surface area (Å²) in [5, 5.41) is 0.181. The van der Waals surface area contributed by atoms with E-state index in [-0.39, 0.29) is 15.7 Å². The third-order valence-electron chi connectivity index (χ3n) is 4.16. The van der Waals surface area contributed by atoms with E-state index in [0.717, 1.165) is 0 Å². The number of halogens is 2. The molecule has 3 rings (SSSR count). The summed E-state index contributed by atoms with van der Waals surface area (Å²) in [6.45, 7) is 4.29. The van der Waals surface area contributed by atoms with Crippen molar-refractivity contribution in [2.24, 2.45) is 0 Å². The van der Waals surface area contributed by atoms with Crippen LogP contribution in [0.4, 0.5) is 4.39 Å². The van der Waals surface area contributed by atoms with E-state index in [1.807, 2.05) is 0 Å². The maximum Gasteiger partial charge on any atom is 0.265 e. The van der Waals surface area contributed by atoms with Crippen LogP contribution in [0.1, 0.15) is 19.6 Å². The molecule has 2 heterocycles. The fourth-order valence-electron chi connectivity index (χ4n) is 2.76. The Morgan fingerprint density at radius 2 is 1.74 bits per heavy atom. The first-order chi connectivity index (χ1) is 12.9. The minimum Gasteiger partial charge on any atom is -0.457 e. The van der Waals surface area contributed by atoms with Crippen molar-refractivity contribution in [2.75, 3.05) is 13.1 Å². The first-order valence-electron chi connectivity index (χ1n) is 8.32. The van der Waals surface area contributed by atoms with Gasteiger partial charge < -0.3 is 4.42 Å². The van der Waals surface area contributed by atoms with Gasteiger partial charge in [0.25, 0.3) is 11.8 Å². The van der Waals surface area contributed by atoms with Crippen molar-refractivity contribution >= 4 is 46.8 Å². The lowest BCUT2D eigenvalue weighted by Gasteiger charge is -2.35. The molecule has 140 valence electrons. The second-order valence-corrected chi connectivity index (χ2v) is 6.54. The molecule has 27 heavy (non-hydrogen) atoms. The lowest BCUT2D eigenvalue weighted by atomic mass is 10.1. The van der Waals surface area contributed by atoms with Crippen LogP contribution in [0.2, 0.25) is 5.02 Å². The SMILES string of the molecule is CCN1C(=O)C(=Cc2ccc(-c3ccc(F)c(Cl)c3)o2)C(=O)N(CC)C1=S. The van der Waals surface area contributed by atoms with E-state index in [1.54, 1.807) is 26.0 Å². The number of benzene rings is 1. The third-order valence-corrected chi connectivity index (χ3v) is 4.89. The normalized spacial score (nSPS) is 15.0. The Hall–Kier alpha value is -2.51. The van der Waals surface area contributed by atoms with Crippen LogP contribution < -0.4 is 0 Å². The number of hydrogen-bond acceptors (Lipinski definition) is 4. The van der Waals surface area contributed by atoms with Crippen LogP contribution in [0.3, 0.4) is 0 Å². The van der Waals surface area contributed by atoms with Crippen molar-refractivity contribution in [1.82, 2.24) is 9.80 Å². The highest BCUT2D eigenvalue weighted by Crippen LogP contribution is 2.28. The fourth-order valence-corrected chi connectivity index (χ4v) is 3.36. The molecule has 1 aromatic carbocycles. The van der Waals surface area contributed by atoms with Crippen LogP contribution in [0, 0.1) is 5.82 Å². The molecule has 8 heteroatoms. The smallest absolute Gasteiger partial charge is 0.265 e. The largest absolute Gasteiger partial charge is 0.457 e. The standard InChI is InChI=1S/C19H16ClFN2O3S/c1-3-22-17(24)13(18(25)23(4-2)19(22)27)10-12-6-8-16(26-12)11-5-7-15(21)14(20)9-11/h5-10H,3-4H2,1-2H3. The lowest BCUT2D eigenvalue weighted by molar-refractivity contribution is -0.133. The van der Waals surface area contributed by atoms with Gasteiger partial charge in [-0.1, -0.05) is 11.6 Å². The Morgan fingerprint density at radius 1 is 1.11 bits per heavy atom. The average molecular weight is 407 g/mol. The van der Waals surface area contributed by atoms with Crippen LogP contribution in [-0.2, 0) is 9.59 Å². The van der Waals surface area contributed by atoms with E-state index in [9.17, 15) is 14.0 Å². The molecule has 1 saturated heterocycles. The van der Waals surface area contributed by atoms with Crippen molar-refractivity contribution < 1.29 is 18.4 Å². The molecule has 0 aliphatic carbocycles. The lowest BCUT2D eigenvalue weighted by Crippen LogP contribution is -2.55. The van der Waals surface area contributed by atoms with Crippen LogP contribution in [0.25, 0.3) is 17.4 Å².